The van der Waals surface area contributed by atoms with Gasteiger partial charge in [-0.25, -0.2) is 4.79 Å². The molecule has 2 amide bonds. The normalized spacial score (nSPS) is 18.1. The summed E-state index contributed by atoms with van der Waals surface area (Å²) in [6.45, 7) is 6.49. The zero-order valence-corrected chi connectivity index (χ0v) is 12.9. The highest BCUT2D eigenvalue weighted by Gasteiger charge is 2.21. The van der Waals surface area contributed by atoms with E-state index in [4.69, 9.17) is 5.11 Å². The molecule has 1 aliphatic rings. The smallest absolute Gasteiger partial charge is 0.315 e. The van der Waals surface area contributed by atoms with Crippen LogP contribution in [0.15, 0.2) is 11.4 Å². The van der Waals surface area contributed by atoms with Gasteiger partial charge >= 0.3 is 6.03 Å². The van der Waals surface area contributed by atoms with Crippen LogP contribution in [0.5, 0.6) is 0 Å². The Morgan fingerprint density at radius 1 is 1.55 bits per heavy atom. The van der Waals surface area contributed by atoms with E-state index in [2.05, 4.69) is 33.9 Å². The maximum atomic E-state index is 11.6. The average molecular weight is 297 g/mol. The van der Waals surface area contributed by atoms with Crippen LogP contribution >= 0.6 is 11.3 Å². The van der Waals surface area contributed by atoms with Crippen molar-refractivity contribution in [3.63, 3.8) is 0 Å². The summed E-state index contributed by atoms with van der Waals surface area (Å²) in [4.78, 5) is 15.5. The number of thiophene rings is 1. The van der Waals surface area contributed by atoms with Gasteiger partial charge < -0.3 is 15.7 Å². The minimum absolute atomic E-state index is 0.0456. The number of carbonyl (C=O) groups excluding carboxylic acids is 1. The minimum Gasteiger partial charge on any atom is -0.394 e. The van der Waals surface area contributed by atoms with Gasteiger partial charge in [0.25, 0.3) is 0 Å². The van der Waals surface area contributed by atoms with E-state index in [0.717, 1.165) is 19.5 Å². The van der Waals surface area contributed by atoms with Crippen molar-refractivity contribution in [3.05, 3.63) is 21.9 Å². The van der Waals surface area contributed by atoms with Gasteiger partial charge in [-0.2, -0.15) is 0 Å². The number of aliphatic hydroxyl groups excluding tert-OH is 1. The van der Waals surface area contributed by atoms with Crippen molar-refractivity contribution in [2.24, 2.45) is 0 Å². The van der Waals surface area contributed by atoms with Gasteiger partial charge in [-0.05, 0) is 37.3 Å². The summed E-state index contributed by atoms with van der Waals surface area (Å²) in [7, 11) is 0. The van der Waals surface area contributed by atoms with Crippen molar-refractivity contribution in [3.8, 4) is 0 Å². The first-order chi connectivity index (χ1) is 9.60. The van der Waals surface area contributed by atoms with E-state index < -0.39 is 0 Å². The van der Waals surface area contributed by atoms with Crippen LogP contribution in [0.4, 0.5) is 4.79 Å². The minimum atomic E-state index is -0.216. The Kier molecular flexibility index (Phi) is 5.39. The Labute approximate surface area is 124 Å². The predicted octanol–water partition coefficient (Wildman–Crippen LogP) is 1.17. The topological polar surface area (TPSA) is 64.6 Å². The highest BCUT2D eigenvalue weighted by atomic mass is 32.1. The fraction of sp³-hybridized carbons (Fsp3) is 0.643. The van der Waals surface area contributed by atoms with E-state index >= 15 is 0 Å². The molecule has 1 aromatic rings. The van der Waals surface area contributed by atoms with E-state index in [1.54, 1.807) is 6.92 Å². The highest BCUT2D eigenvalue weighted by Crippen LogP contribution is 2.24. The Morgan fingerprint density at radius 2 is 2.35 bits per heavy atom. The van der Waals surface area contributed by atoms with Crippen molar-refractivity contribution in [2.75, 3.05) is 19.7 Å². The number of hydrogen-bond donors (Lipinski definition) is 3. The predicted molar refractivity (Wildman–Crippen MR) is 81.0 cm³/mol. The maximum absolute atomic E-state index is 11.6. The van der Waals surface area contributed by atoms with Gasteiger partial charge in [-0.15, -0.1) is 11.3 Å². The van der Waals surface area contributed by atoms with E-state index in [1.807, 2.05) is 11.3 Å². The summed E-state index contributed by atoms with van der Waals surface area (Å²) in [6.07, 6.45) is 1.10. The molecule has 0 fully saturated rings. The zero-order valence-electron chi connectivity index (χ0n) is 12.1. The second-order valence-corrected chi connectivity index (χ2v) is 6.38. The SMILES string of the molecule is CC(CO)NC(=O)NCC(C)N1CCc2sccc2C1. The van der Waals surface area contributed by atoms with Gasteiger partial charge in [0.15, 0.2) is 0 Å². The lowest BCUT2D eigenvalue weighted by Crippen LogP contribution is -2.48. The second-order valence-electron chi connectivity index (χ2n) is 5.38. The summed E-state index contributed by atoms with van der Waals surface area (Å²) in [5.74, 6) is 0. The molecule has 0 spiro atoms. The van der Waals surface area contributed by atoms with Gasteiger partial charge in [-0.1, -0.05) is 0 Å². The van der Waals surface area contributed by atoms with Crippen molar-refractivity contribution in [2.45, 2.75) is 38.9 Å². The molecule has 0 bridgehead atoms. The molecule has 2 atom stereocenters. The zero-order chi connectivity index (χ0) is 14.5. The summed E-state index contributed by atoms with van der Waals surface area (Å²) < 4.78 is 0. The van der Waals surface area contributed by atoms with Gasteiger partial charge in [0.1, 0.15) is 0 Å². The molecule has 0 aliphatic carbocycles. The number of urea groups is 1. The number of nitrogens with zero attached hydrogens (tertiary/aromatic N) is 1. The van der Waals surface area contributed by atoms with E-state index in [0.29, 0.717) is 12.6 Å². The molecule has 3 N–H and O–H groups in total. The van der Waals surface area contributed by atoms with Crippen LogP contribution in [0.1, 0.15) is 24.3 Å². The van der Waals surface area contributed by atoms with Crippen molar-refractivity contribution in [1.82, 2.24) is 15.5 Å². The Morgan fingerprint density at radius 3 is 3.10 bits per heavy atom. The molecule has 0 aromatic carbocycles. The molecule has 0 radical (unpaired) electrons. The van der Waals surface area contributed by atoms with Gasteiger partial charge in [0.2, 0.25) is 0 Å². The number of fused-ring (bicyclic) bond motifs is 1. The van der Waals surface area contributed by atoms with Gasteiger partial charge in [-0.3, -0.25) is 4.90 Å². The molecule has 20 heavy (non-hydrogen) atoms. The molecule has 1 aromatic heterocycles. The standard InChI is InChI=1S/C14H23N3O2S/c1-10(9-18)16-14(19)15-7-11(2)17-5-3-13-12(8-17)4-6-20-13/h4,6,10-11,18H,3,5,7-9H2,1-2H3,(H2,15,16,19). The lowest BCUT2D eigenvalue weighted by Gasteiger charge is -2.32. The molecule has 5 nitrogen and oxygen atoms in total. The Balaban J connectivity index is 1.76. The molecular weight excluding hydrogens is 274 g/mol. The van der Waals surface area contributed by atoms with Crippen molar-refractivity contribution in [1.29, 1.82) is 0 Å². The fourth-order valence-electron chi connectivity index (χ4n) is 2.34. The molecule has 0 saturated heterocycles. The van der Waals surface area contributed by atoms with Crippen LogP contribution in [0, 0.1) is 0 Å². The first-order valence-electron chi connectivity index (χ1n) is 7.04. The van der Waals surface area contributed by atoms with Crippen molar-refractivity contribution < 1.29 is 9.90 Å². The lowest BCUT2D eigenvalue weighted by atomic mass is 10.1. The first-order valence-corrected chi connectivity index (χ1v) is 7.92. The average Bonchev–Trinajstić information content (AvgIpc) is 2.91. The van der Waals surface area contributed by atoms with Crippen LogP contribution in [0.2, 0.25) is 0 Å². The monoisotopic (exact) mass is 297 g/mol. The number of amides is 2. The number of aliphatic hydroxyl groups is 1. The fourth-order valence-corrected chi connectivity index (χ4v) is 3.23. The van der Waals surface area contributed by atoms with Gasteiger partial charge in [0, 0.05) is 30.6 Å². The number of hydrogen-bond acceptors (Lipinski definition) is 4. The van der Waals surface area contributed by atoms with Crippen LogP contribution in [0.25, 0.3) is 0 Å². The van der Waals surface area contributed by atoms with Crippen molar-refractivity contribution >= 4 is 17.4 Å². The molecule has 0 saturated carbocycles. The molecule has 6 heteroatoms. The lowest BCUT2D eigenvalue weighted by molar-refractivity contribution is 0.184. The van der Waals surface area contributed by atoms with Gasteiger partial charge in [0.05, 0.1) is 12.6 Å². The van der Waals surface area contributed by atoms with Crippen LogP contribution in [0.3, 0.4) is 0 Å². The van der Waals surface area contributed by atoms with E-state index in [-0.39, 0.29) is 18.7 Å². The second kappa shape index (κ2) is 7.06. The van der Waals surface area contributed by atoms with Crippen LogP contribution in [-0.2, 0) is 13.0 Å². The molecule has 1 aliphatic heterocycles. The first kappa shape index (κ1) is 15.3. The Bertz CT molecular complexity index is 449. The molecule has 112 valence electrons. The summed E-state index contributed by atoms with van der Waals surface area (Å²) in [5, 5.41) is 16.6. The van der Waals surface area contributed by atoms with Crippen LogP contribution < -0.4 is 10.6 Å². The summed E-state index contributed by atoms with van der Waals surface area (Å²) in [6, 6.07) is 2.07. The molecule has 2 heterocycles. The quantitative estimate of drug-likeness (QED) is 0.764. The highest BCUT2D eigenvalue weighted by molar-refractivity contribution is 7.10. The molecule has 2 rings (SSSR count). The third kappa shape index (κ3) is 3.94. The largest absolute Gasteiger partial charge is 0.394 e. The third-order valence-electron chi connectivity index (χ3n) is 3.67. The molecular formula is C14H23N3O2S. The van der Waals surface area contributed by atoms with Crippen LogP contribution in [-0.4, -0.2) is 47.8 Å². The third-order valence-corrected chi connectivity index (χ3v) is 4.69. The number of rotatable bonds is 5. The Hall–Kier alpha value is -1.11. The maximum Gasteiger partial charge on any atom is 0.315 e. The van der Waals surface area contributed by atoms with E-state index in [1.165, 1.54) is 10.4 Å². The number of carbonyl (C=O) groups is 1. The number of nitrogens with one attached hydrogen (secondary N) is 2. The summed E-state index contributed by atoms with van der Waals surface area (Å²) in [5.41, 5.74) is 1.42. The molecule has 2 unspecified atom stereocenters. The summed E-state index contributed by atoms with van der Waals surface area (Å²) >= 11 is 1.84. The van der Waals surface area contributed by atoms with E-state index in [9.17, 15) is 4.79 Å².